The van der Waals surface area contributed by atoms with Crippen LogP contribution in [0.4, 0.5) is 0 Å². The monoisotopic (exact) mass is 325 g/mol. The smallest absolute Gasteiger partial charge is 0.128 e. The molecule has 106 valence electrons. The van der Waals surface area contributed by atoms with Crippen molar-refractivity contribution in [2.24, 2.45) is 11.8 Å². The Labute approximate surface area is 125 Å². The van der Waals surface area contributed by atoms with Crippen molar-refractivity contribution in [1.82, 2.24) is 4.98 Å². The van der Waals surface area contributed by atoms with Gasteiger partial charge in [0.25, 0.3) is 0 Å². The molecule has 1 aromatic rings. The Bertz CT molecular complexity index is 447. The molecule has 3 unspecified atom stereocenters. The van der Waals surface area contributed by atoms with Gasteiger partial charge in [-0.25, -0.2) is 0 Å². The molecule has 0 saturated heterocycles. The second-order valence-electron chi connectivity index (χ2n) is 5.94. The minimum Gasteiger partial charge on any atom is -0.496 e. The molecule has 1 aliphatic rings. The predicted octanol–water partition coefficient (Wildman–Crippen LogP) is 4.45. The molecule has 1 saturated carbocycles. The highest BCUT2D eigenvalue weighted by Crippen LogP contribution is 2.36. The van der Waals surface area contributed by atoms with E-state index >= 15 is 0 Å². The molecule has 0 radical (unpaired) electrons. The molecule has 2 rings (SSSR count). The van der Waals surface area contributed by atoms with Crippen LogP contribution in [-0.4, -0.2) is 16.9 Å². The van der Waals surface area contributed by atoms with Crippen LogP contribution < -0.4 is 4.74 Å². The fourth-order valence-corrected chi connectivity index (χ4v) is 3.87. The van der Waals surface area contributed by atoms with Crippen molar-refractivity contribution < 1.29 is 4.74 Å². The standard InChI is InChI=1S/C16H24BrNO/c1-10-5-6-14(17)13(7-10)8-15-12(3)16(19-4)11(2)9-18-15/h9-10,13-14H,5-8H2,1-4H3. The van der Waals surface area contributed by atoms with E-state index in [0.717, 1.165) is 23.7 Å². The molecule has 3 atom stereocenters. The van der Waals surface area contributed by atoms with Crippen molar-refractivity contribution in [3.63, 3.8) is 0 Å². The normalized spacial score (nSPS) is 27.3. The van der Waals surface area contributed by atoms with Gasteiger partial charge in [-0.15, -0.1) is 0 Å². The van der Waals surface area contributed by atoms with Crippen LogP contribution in [0, 0.1) is 25.7 Å². The van der Waals surface area contributed by atoms with E-state index in [4.69, 9.17) is 4.74 Å². The first-order valence-electron chi connectivity index (χ1n) is 7.16. The summed E-state index contributed by atoms with van der Waals surface area (Å²) >= 11 is 3.86. The van der Waals surface area contributed by atoms with Crippen molar-refractivity contribution in [3.05, 3.63) is 23.0 Å². The molecule has 0 aliphatic heterocycles. The van der Waals surface area contributed by atoms with E-state index in [2.05, 4.69) is 41.7 Å². The lowest BCUT2D eigenvalue weighted by Crippen LogP contribution is -2.26. The van der Waals surface area contributed by atoms with Crippen LogP contribution in [0.2, 0.25) is 0 Å². The van der Waals surface area contributed by atoms with E-state index in [0.29, 0.717) is 10.7 Å². The minimum atomic E-state index is 0.636. The molecule has 1 aromatic heterocycles. The third kappa shape index (κ3) is 3.31. The van der Waals surface area contributed by atoms with Crippen molar-refractivity contribution in [1.29, 1.82) is 0 Å². The van der Waals surface area contributed by atoms with Crippen molar-refractivity contribution >= 4 is 15.9 Å². The number of nitrogens with zero attached hydrogens (tertiary/aromatic N) is 1. The molecule has 2 nitrogen and oxygen atoms in total. The number of aromatic nitrogens is 1. The molecular formula is C16H24BrNO. The fourth-order valence-electron chi connectivity index (χ4n) is 3.20. The van der Waals surface area contributed by atoms with Gasteiger partial charge in [0, 0.05) is 27.8 Å². The summed E-state index contributed by atoms with van der Waals surface area (Å²) in [5.41, 5.74) is 3.53. The van der Waals surface area contributed by atoms with Gasteiger partial charge in [0.1, 0.15) is 5.75 Å². The zero-order valence-corrected chi connectivity index (χ0v) is 14.0. The predicted molar refractivity (Wildman–Crippen MR) is 83.2 cm³/mol. The molecule has 3 heteroatoms. The van der Waals surface area contributed by atoms with Crippen LogP contribution in [-0.2, 0) is 6.42 Å². The maximum absolute atomic E-state index is 5.50. The highest BCUT2D eigenvalue weighted by atomic mass is 79.9. The molecule has 1 fully saturated rings. The summed E-state index contributed by atoms with van der Waals surface area (Å²) in [4.78, 5) is 5.28. The zero-order valence-electron chi connectivity index (χ0n) is 12.4. The van der Waals surface area contributed by atoms with Crippen LogP contribution in [0.3, 0.4) is 0 Å². The lowest BCUT2D eigenvalue weighted by Gasteiger charge is -2.31. The van der Waals surface area contributed by atoms with E-state index < -0.39 is 0 Å². The first-order chi connectivity index (χ1) is 9.02. The molecule has 0 amide bonds. The first-order valence-corrected chi connectivity index (χ1v) is 8.07. The number of ether oxygens (including phenoxy) is 1. The third-order valence-corrected chi connectivity index (χ3v) is 5.56. The molecule has 19 heavy (non-hydrogen) atoms. The highest BCUT2D eigenvalue weighted by molar-refractivity contribution is 9.09. The van der Waals surface area contributed by atoms with E-state index in [1.54, 1.807) is 7.11 Å². The molecule has 0 spiro atoms. The second-order valence-corrected chi connectivity index (χ2v) is 7.12. The minimum absolute atomic E-state index is 0.636. The average molecular weight is 326 g/mol. The van der Waals surface area contributed by atoms with Gasteiger partial charge in [-0.05, 0) is 51.4 Å². The number of alkyl halides is 1. The number of rotatable bonds is 3. The van der Waals surface area contributed by atoms with Gasteiger partial charge in [-0.2, -0.15) is 0 Å². The number of methoxy groups -OCH3 is 1. The third-order valence-electron chi connectivity index (χ3n) is 4.36. The van der Waals surface area contributed by atoms with Gasteiger partial charge >= 0.3 is 0 Å². The number of hydrogen-bond acceptors (Lipinski definition) is 2. The van der Waals surface area contributed by atoms with Crippen LogP contribution in [0.1, 0.15) is 43.0 Å². The van der Waals surface area contributed by atoms with Crippen molar-refractivity contribution in [2.75, 3.05) is 7.11 Å². The van der Waals surface area contributed by atoms with Crippen LogP contribution in [0.25, 0.3) is 0 Å². The summed E-state index contributed by atoms with van der Waals surface area (Å²) < 4.78 is 5.50. The van der Waals surface area contributed by atoms with Gasteiger partial charge in [0.15, 0.2) is 0 Å². The van der Waals surface area contributed by atoms with Crippen molar-refractivity contribution in [2.45, 2.75) is 51.3 Å². The number of halogens is 1. The first kappa shape index (κ1) is 14.8. The van der Waals surface area contributed by atoms with E-state index in [1.165, 1.54) is 30.5 Å². The Kier molecular flexibility index (Phi) is 4.88. The maximum atomic E-state index is 5.50. The average Bonchev–Trinajstić information content (AvgIpc) is 2.38. The lowest BCUT2D eigenvalue weighted by molar-refractivity contribution is 0.292. The Morgan fingerprint density at radius 2 is 2.11 bits per heavy atom. The Balaban J connectivity index is 2.19. The Hall–Kier alpha value is -0.570. The number of hydrogen-bond donors (Lipinski definition) is 0. The fraction of sp³-hybridized carbons (Fsp3) is 0.688. The van der Waals surface area contributed by atoms with E-state index in [-0.39, 0.29) is 0 Å². The number of aryl methyl sites for hydroxylation is 1. The zero-order chi connectivity index (χ0) is 14.0. The summed E-state index contributed by atoms with van der Waals surface area (Å²) in [5.74, 6) is 2.54. The molecule has 0 N–H and O–H groups in total. The molecule has 0 bridgehead atoms. The molecule has 1 aliphatic carbocycles. The van der Waals surface area contributed by atoms with E-state index in [1.807, 2.05) is 6.20 Å². The SMILES string of the molecule is COc1c(C)cnc(CC2CC(C)CCC2Br)c1C. The second kappa shape index (κ2) is 6.25. The molecular weight excluding hydrogens is 302 g/mol. The van der Waals surface area contributed by atoms with Gasteiger partial charge in [0.2, 0.25) is 0 Å². The summed E-state index contributed by atoms with van der Waals surface area (Å²) in [6, 6.07) is 0. The number of pyridine rings is 1. The lowest BCUT2D eigenvalue weighted by atomic mass is 9.79. The van der Waals surface area contributed by atoms with Gasteiger partial charge < -0.3 is 4.74 Å². The highest BCUT2D eigenvalue weighted by Gasteiger charge is 2.28. The topological polar surface area (TPSA) is 22.1 Å². The van der Waals surface area contributed by atoms with Gasteiger partial charge in [0.05, 0.1) is 7.11 Å². The van der Waals surface area contributed by atoms with Crippen LogP contribution in [0.15, 0.2) is 6.20 Å². The van der Waals surface area contributed by atoms with Crippen molar-refractivity contribution in [3.8, 4) is 5.75 Å². The van der Waals surface area contributed by atoms with E-state index in [9.17, 15) is 0 Å². The summed E-state index contributed by atoms with van der Waals surface area (Å²) in [6.45, 7) is 6.55. The Morgan fingerprint density at radius 3 is 2.79 bits per heavy atom. The largest absolute Gasteiger partial charge is 0.496 e. The molecule has 0 aromatic carbocycles. The maximum Gasteiger partial charge on any atom is 0.128 e. The summed E-state index contributed by atoms with van der Waals surface area (Å²) in [6.07, 6.45) is 6.93. The van der Waals surface area contributed by atoms with Gasteiger partial charge in [-0.1, -0.05) is 22.9 Å². The van der Waals surface area contributed by atoms with Crippen LogP contribution >= 0.6 is 15.9 Å². The van der Waals surface area contributed by atoms with Crippen LogP contribution in [0.5, 0.6) is 5.75 Å². The Morgan fingerprint density at radius 1 is 1.37 bits per heavy atom. The molecule has 1 heterocycles. The summed E-state index contributed by atoms with van der Waals surface area (Å²) in [7, 11) is 1.75. The summed E-state index contributed by atoms with van der Waals surface area (Å²) in [5, 5.41) is 0. The quantitative estimate of drug-likeness (QED) is 0.766. The van der Waals surface area contributed by atoms with Gasteiger partial charge in [-0.3, -0.25) is 4.98 Å².